The van der Waals surface area contributed by atoms with Gasteiger partial charge < -0.3 is 10.0 Å². The van der Waals surface area contributed by atoms with Gasteiger partial charge in [0.05, 0.1) is 9.14 Å². The Bertz CT molecular complexity index is 561. The Morgan fingerprint density at radius 3 is 2.41 bits per heavy atom. The lowest BCUT2D eigenvalue weighted by atomic mass is 9.91. The lowest BCUT2D eigenvalue weighted by molar-refractivity contribution is 0.0959. The van der Waals surface area contributed by atoms with Crippen LogP contribution in [0.2, 0.25) is 0 Å². The summed E-state index contributed by atoms with van der Waals surface area (Å²) >= 11 is 1.85. The number of carbonyl (C=O) groups is 2. The van der Waals surface area contributed by atoms with Gasteiger partial charge in [0, 0.05) is 19.7 Å². The standard InChI is InChI=1S/C12H10INO3/c1-14(2)10-9(13)12(17)8-6(11(10)16)4-3-5-7(8)15/h3-5,15H,1-2H3. The molecule has 1 aromatic rings. The molecule has 0 unspecified atom stereocenters. The summed E-state index contributed by atoms with van der Waals surface area (Å²) < 4.78 is 0.339. The van der Waals surface area contributed by atoms with E-state index in [1.54, 1.807) is 31.1 Å². The van der Waals surface area contributed by atoms with Crippen LogP contribution in [0.5, 0.6) is 5.75 Å². The number of carbonyl (C=O) groups excluding carboxylic acids is 2. The second-order valence-electron chi connectivity index (χ2n) is 3.91. The number of halogens is 1. The molecule has 4 nitrogen and oxygen atoms in total. The van der Waals surface area contributed by atoms with E-state index in [1.165, 1.54) is 6.07 Å². The van der Waals surface area contributed by atoms with Crippen molar-refractivity contribution in [1.29, 1.82) is 0 Å². The van der Waals surface area contributed by atoms with Crippen LogP contribution in [0.25, 0.3) is 0 Å². The van der Waals surface area contributed by atoms with E-state index in [4.69, 9.17) is 0 Å². The molecule has 0 radical (unpaired) electrons. The van der Waals surface area contributed by atoms with Crippen LogP contribution in [0.4, 0.5) is 0 Å². The van der Waals surface area contributed by atoms with E-state index in [1.807, 2.05) is 22.6 Å². The van der Waals surface area contributed by atoms with Crippen molar-refractivity contribution in [2.45, 2.75) is 0 Å². The Labute approximate surface area is 112 Å². The molecule has 1 aromatic carbocycles. The van der Waals surface area contributed by atoms with Crippen LogP contribution in [0.3, 0.4) is 0 Å². The molecule has 0 aliphatic heterocycles. The molecule has 2 rings (SSSR count). The van der Waals surface area contributed by atoms with Crippen molar-refractivity contribution in [2.75, 3.05) is 14.1 Å². The number of fused-ring (bicyclic) bond motifs is 1. The number of phenols is 1. The molecular weight excluding hydrogens is 333 g/mol. The number of phenolic OH excluding ortho intramolecular Hbond substituents is 1. The molecule has 17 heavy (non-hydrogen) atoms. The van der Waals surface area contributed by atoms with Gasteiger partial charge in [-0.05, 0) is 34.7 Å². The normalized spacial score (nSPS) is 15.0. The van der Waals surface area contributed by atoms with Gasteiger partial charge in [-0.1, -0.05) is 6.07 Å². The Balaban J connectivity index is 2.74. The zero-order valence-electron chi connectivity index (χ0n) is 9.32. The third kappa shape index (κ3) is 1.74. The largest absolute Gasteiger partial charge is 0.507 e. The van der Waals surface area contributed by atoms with Gasteiger partial charge in [0.25, 0.3) is 0 Å². The highest BCUT2D eigenvalue weighted by molar-refractivity contribution is 14.1. The molecule has 0 heterocycles. The number of rotatable bonds is 1. The molecule has 88 valence electrons. The van der Waals surface area contributed by atoms with E-state index in [9.17, 15) is 14.7 Å². The smallest absolute Gasteiger partial charge is 0.211 e. The minimum atomic E-state index is -0.304. The molecule has 5 heteroatoms. The summed E-state index contributed by atoms with van der Waals surface area (Å²) in [6.07, 6.45) is 0. The number of benzene rings is 1. The molecule has 1 N–H and O–H groups in total. The lowest BCUT2D eigenvalue weighted by Gasteiger charge is -2.23. The zero-order chi connectivity index (χ0) is 12.7. The van der Waals surface area contributed by atoms with Gasteiger partial charge >= 0.3 is 0 Å². The Morgan fingerprint density at radius 1 is 1.18 bits per heavy atom. The van der Waals surface area contributed by atoms with E-state index in [0.717, 1.165) is 0 Å². The second-order valence-corrected chi connectivity index (χ2v) is 4.99. The van der Waals surface area contributed by atoms with Gasteiger partial charge in [0.1, 0.15) is 11.4 Å². The average molecular weight is 343 g/mol. The third-order valence-corrected chi connectivity index (χ3v) is 3.58. The molecule has 1 aliphatic carbocycles. The van der Waals surface area contributed by atoms with Crippen molar-refractivity contribution in [3.8, 4) is 5.75 Å². The van der Waals surface area contributed by atoms with Gasteiger partial charge in [0.2, 0.25) is 11.6 Å². The van der Waals surface area contributed by atoms with E-state index < -0.39 is 0 Å². The Morgan fingerprint density at radius 2 is 1.82 bits per heavy atom. The summed E-state index contributed by atoms with van der Waals surface area (Å²) in [6, 6.07) is 4.53. The van der Waals surface area contributed by atoms with Crippen LogP contribution in [-0.4, -0.2) is 35.7 Å². The summed E-state index contributed by atoms with van der Waals surface area (Å²) in [4.78, 5) is 25.9. The second kappa shape index (κ2) is 4.14. The number of hydrogen-bond acceptors (Lipinski definition) is 4. The summed E-state index contributed by atoms with van der Waals surface area (Å²) in [5.74, 6) is -0.681. The maximum Gasteiger partial charge on any atom is 0.211 e. The quantitative estimate of drug-likeness (QED) is 0.793. The fourth-order valence-electron chi connectivity index (χ4n) is 1.81. The number of aromatic hydroxyl groups is 1. The van der Waals surface area contributed by atoms with Crippen LogP contribution >= 0.6 is 22.6 Å². The third-order valence-electron chi connectivity index (χ3n) is 2.58. The number of allylic oxidation sites excluding steroid dienone is 2. The number of Topliss-reactive ketones (excluding diaryl/α,β-unsaturated/α-hetero) is 2. The summed E-state index contributed by atoms with van der Waals surface area (Å²) in [6.45, 7) is 0. The first-order valence-electron chi connectivity index (χ1n) is 4.93. The molecule has 0 amide bonds. The molecule has 0 fully saturated rings. The van der Waals surface area contributed by atoms with Gasteiger partial charge in [0.15, 0.2) is 0 Å². The fraction of sp³-hybridized carbons (Fsp3) is 0.167. The van der Waals surface area contributed by atoms with Crippen molar-refractivity contribution in [2.24, 2.45) is 0 Å². The highest BCUT2D eigenvalue weighted by atomic mass is 127. The predicted octanol–water partition coefficient (Wildman–Crippen LogP) is 1.98. The number of nitrogens with zero attached hydrogens (tertiary/aromatic N) is 1. The molecule has 0 saturated heterocycles. The van der Waals surface area contributed by atoms with E-state index in [0.29, 0.717) is 9.28 Å². The highest BCUT2D eigenvalue weighted by Crippen LogP contribution is 2.34. The number of hydrogen-bond donors (Lipinski definition) is 1. The van der Waals surface area contributed by atoms with Crippen molar-refractivity contribution < 1.29 is 14.7 Å². The summed E-state index contributed by atoms with van der Waals surface area (Å²) in [5, 5.41) is 9.67. The molecule has 0 bridgehead atoms. The summed E-state index contributed by atoms with van der Waals surface area (Å²) in [7, 11) is 3.43. The van der Waals surface area contributed by atoms with Crippen molar-refractivity contribution in [1.82, 2.24) is 4.90 Å². The molecular formula is C12H10INO3. The number of ketones is 2. The molecule has 0 atom stereocenters. The van der Waals surface area contributed by atoms with Crippen LogP contribution in [0.15, 0.2) is 27.5 Å². The lowest BCUT2D eigenvalue weighted by Crippen LogP contribution is -2.28. The van der Waals surface area contributed by atoms with E-state index in [-0.39, 0.29) is 28.4 Å². The van der Waals surface area contributed by atoms with Crippen LogP contribution in [0.1, 0.15) is 20.7 Å². The van der Waals surface area contributed by atoms with E-state index in [2.05, 4.69) is 0 Å². The molecule has 1 aliphatic rings. The maximum absolute atomic E-state index is 12.2. The Hall–Kier alpha value is -1.37. The van der Waals surface area contributed by atoms with Crippen molar-refractivity contribution in [3.63, 3.8) is 0 Å². The minimum Gasteiger partial charge on any atom is -0.507 e. The minimum absolute atomic E-state index is 0.104. The van der Waals surface area contributed by atoms with Crippen molar-refractivity contribution >= 4 is 34.2 Å². The monoisotopic (exact) mass is 343 g/mol. The van der Waals surface area contributed by atoms with Gasteiger partial charge in [-0.3, -0.25) is 9.59 Å². The SMILES string of the molecule is CN(C)C1=C(I)C(=O)c2c(O)cccc2C1=O. The topological polar surface area (TPSA) is 57.6 Å². The molecule has 0 aromatic heterocycles. The first kappa shape index (κ1) is 12.1. The van der Waals surface area contributed by atoms with Crippen LogP contribution in [-0.2, 0) is 0 Å². The van der Waals surface area contributed by atoms with E-state index >= 15 is 0 Å². The van der Waals surface area contributed by atoms with Gasteiger partial charge in [-0.15, -0.1) is 0 Å². The average Bonchev–Trinajstić information content (AvgIpc) is 2.25. The highest BCUT2D eigenvalue weighted by Gasteiger charge is 2.33. The molecule has 0 spiro atoms. The first-order valence-corrected chi connectivity index (χ1v) is 6.01. The van der Waals surface area contributed by atoms with Crippen LogP contribution < -0.4 is 0 Å². The van der Waals surface area contributed by atoms with Gasteiger partial charge in [-0.2, -0.15) is 0 Å². The van der Waals surface area contributed by atoms with Gasteiger partial charge in [-0.25, -0.2) is 0 Å². The zero-order valence-corrected chi connectivity index (χ0v) is 11.5. The first-order chi connectivity index (χ1) is 7.95. The molecule has 0 saturated carbocycles. The predicted molar refractivity (Wildman–Crippen MR) is 71.5 cm³/mol. The number of likely N-dealkylation sites (N-methyl/N-ethyl adjacent to an activating group) is 1. The van der Waals surface area contributed by atoms with Crippen LogP contribution in [0, 0.1) is 0 Å². The summed E-state index contributed by atoms with van der Waals surface area (Å²) in [5.41, 5.74) is 0.736. The fourth-order valence-corrected chi connectivity index (χ4v) is 2.81. The maximum atomic E-state index is 12.2. The van der Waals surface area contributed by atoms with Crippen molar-refractivity contribution in [3.05, 3.63) is 38.6 Å². The Kier molecular flexibility index (Phi) is 2.94.